The van der Waals surface area contributed by atoms with Crippen molar-refractivity contribution in [1.82, 2.24) is 21.7 Å². The summed E-state index contributed by atoms with van der Waals surface area (Å²) in [6.45, 7) is 8.12. The molecule has 2 aromatic carbocycles. The fourth-order valence-electron chi connectivity index (χ4n) is 5.75. The summed E-state index contributed by atoms with van der Waals surface area (Å²) in [4.78, 5) is 53.4. The molecule has 4 amide bonds. The van der Waals surface area contributed by atoms with Crippen LogP contribution in [0, 0.1) is 11.8 Å². The SMILES string of the molecule is CCCCCc1cccc(O)c1C(=O)NNC(=O)C(CCC)C(CCCCC)C(=O)NNC(=O)c1c(O)cccc1CCCCC. The maximum atomic E-state index is 13.6. The molecule has 2 atom stereocenters. The Morgan fingerprint density at radius 1 is 0.543 bits per heavy atom. The Hall–Kier alpha value is -4.08. The number of benzene rings is 2. The molecule has 254 valence electrons. The highest BCUT2D eigenvalue weighted by Gasteiger charge is 2.34. The van der Waals surface area contributed by atoms with Crippen LogP contribution in [0.2, 0.25) is 0 Å². The van der Waals surface area contributed by atoms with E-state index in [-0.39, 0.29) is 22.6 Å². The predicted octanol–water partition coefficient (Wildman–Crippen LogP) is 6.40. The number of hydrazine groups is 2. The van der Waals surface area contributed by atoms with E-state index < -0.39 is 35.5 Å². The molecule has 0 aliphatic heterocycles. The quantitative estimate of drug-likeness (QED) is 0.0773. The van der Waals surface area contributed by atoms with Crippen LogP contribution in [-0.4, -0.2) is 33.8 Å². The molecule has 2 aromatic rings. The lowest BCUT2D eigenvalue weighted by Crippen LogP contribution is -2.51. The third-order valence-electron chi connectivity index (χ3n) is 8.29. The van der Waals surface area contributed by atoms with E-state index >= 15 is 0 Å². The van der Waals surface area contributed by atoms with Crippen molar-refractivity contribution in [2.24, 2.45) is 11.8 Å². The second-order valence-electron chi connectivity index (χ2n) is 11.9. The molecule has 2 rings (SSSR count). The minimum atomic E-state index is -0.790. The standard InChI is InChI=1S/C36H54N4O6/c1-5-9-12-18-25-20-15-23-29(41)31(25)35(45)39-37-33(43)27(17-8-4)28(22-14-11-7-3)34(44)38-40-36(46)32-26(19-13-10-6-2)21-16-24-30(32)42/h15-16,20-21,23-24,27-28,41-42H,5-14,17-19,22H2,1-4H3,(H,37,43)(H,38,44)(H,39,45)(H,40,46). The second-order valence-corrected chi connectivity index (χ2v) is 11.9. The van der Waals surface area contributed by atoms with Crippen LogP contribution in [0.15, 0.2) is 36.4 Å². The molecule has 0 saturated carbocycles. The Morgan fingerprint density at radius 2 is 0.957 bits per heavy atom. The molecule has 46 heavy (non-hydrogen) atoms. The normalized spacial score (nSPS) is 12.2. The van der Waals surface area contributed by atoms with Crippen molar-refractivity contribution in [3.8, 4) is 11.5 Å². The first-order valence-electron chi connectivity index (χ1n) is 17.0. The number of rotatable bonds is 19. The Bertz CT molecular complexity index is 1280. The number of amides is 4. The Morgan fingerprint density at radius 3 is 1.37 bits per heavy atom. The Labute approximate surface area is 274 Å². The van der Waals surface area contributed by atoms with Gasteiger partial charge in [-0.25, -0.2) is 0 Å². The predicted molar refractivity (Wildman–Crippen MR) is 180 cm³/mol. The van der Waals surface area contributed by atoms with Crippen molar-refractivity contribution in [2.75, 3.05) is 0 Å². The first-order valence-corrected chi connectivity index (χ1v) is 17.0. The summed E-state index contributed by atoms with van der Waals surface area (Å²) in [6, 6.07) is 9.83. The number of aryl methyl sites for hydroxylation is 2. The van der Waals surface area contributed by atoms with Crippen molar-refractivity contribution in [3.05, 3.63) is 58.7 Å². The van der Waals surface area contributed by atoms with Crippen LogP contribution < -0.4 is 21.7 Å². The molecule has 0 aliphatic carbocycles. The molecule has 0 aromatic heterocycles. The lowest BCUT2D eigenvalue weighted by Gasteiger charge is -2.26. The molecular weight excluding hydrogens is 584 g/mol. The average Bonchev–Trinajstić information content (AvgIpc) is 3.04. The van der Waals surface area contributed by atoms with Crippen LogP contribution >= 0.6 is 0 Å². The first-order chi connectivity index (χ1) is 22.2. The number of hydrogen-bond acceptors (Lipinski definition) is 6. The van der Waals surface area contributed by atoms with Crippen LogP contribution in [0.4, 0.5) is 0 Å². The van der Waals surface area contributed by atoms with E-state index in [1.54, 1.807) is 24.3 Å². The molecule has 0 fully saturated rings. The topological polar surface area (TPSA) is 157 Å². The van der Waals surface area contributed by atoms with Gasteiger partial charge in [-0.2, -0.15) is 0 Å². The lowest BCUT2D eigenvalue weighted by atomic mass is 9.83. The molecule has 0 saturated heterocycles. The summed E-state index contributed by atoms with van der Waals surface area (Å²) in [7, 11) is 0. The summed E-state index contributed by atoms with van der Waals surface area (Å²) in [6.07, 6.45) is 10.8. The number of phenolic OH excluding ortho intramolecular Hbond substituents is 2. The van der Waals surface area contributed by atoms with Crippen molar-refractivity contribution >= 4 is 23.6 Å². The van der Waals surface area contributed by atoms with Gasteiger partial charge in [0.2, 0.25) is 11.8 Å². The summed E-state index contributed by atoms with van der Waals surface area (Å²) < 4.78 is 0. The van der Waals surface area contributed by atoms with Gasteiger partial charge < -0.3 is 10.2 Å². The fraction of sp³-hybridized carbons (Fsp3) is 0.556. The highest BCUT2D eigenvalue weighted by Crippen LogP contribution is 2.26. The first kappa shape index (κ1) is 38.1. The molecule has 0 spiro atoms. The van der Waals surface area contributed by atoms with Gasteiger partial charge in [0.15, 0.2) is 0 Å². The van der Waals surface area contributed by atoms with E-state index in [1.807, 2.05) is 13.8 Å². The molecule has 0 bridgehead atoms. The largest absolute Gasteiger partial charge is 0.507 e. The van der Waals surface area contributed by atoms with Crippen LogP contribution in [0.1, 0.15) is 137 Å². The molecule has 10 heteroatoms. The zero-order valence-corrected chi connectivity index (χ0v) is 28.0. The monoisotopic (exact) mass is 638 g/mol. The molecule has 10 nitrogen and oxygen atoms in total. The minimum absolute atomic E-state index is 0.115. The highest BCUT2D eigenvalue weighted by molar-refractivity contribution is 6.00. The van der Waals surface area contributed by atoms with Gasteiger partial charge in [-0.1, -0.05) is 103 Å². The Balaban J connectivity index is 2.19. The van der Waals surface area contributed by atoms with Crippen molar-refractivity contribution < 1.29 is 29.4 Å². The zero-order chi connectivity index (χ0) is 33.9. The molecular formula is C36H54N4O6. The number of carbonyl (C=O) groups is 4. The number of nitrogens with one attached hydrogen (secondary N) is 4. The van der Waals surface area contributed by atoms with Gasteiger partial charge in [0.25, 0.3) is 11.8 Å². The van der Waals surface area contributed by atoms with Crippen molar-refractivity contribution in [3.63, 3.8) is 0 Å². The maximum absolute atomic E-state index is 13.6. The molecule has 0 aliphatic rings. The van der Waals surface area contributed by atoms with E-state index in [1.165, 1.54) is 12.1 Å². The average molecular weight is 639 g/mol. The number of unbranched alkanes of at least 4 members (excludes halogenated alkanes) is 6. The van der Waals surface area contributed by atoms with Gasteiger partial charge in [-0.15, -0.1) is 0 Å². The second kappa shape index (κ2) is 20.9. The van der Waals surface area contributed by atoms with Gasteiger partial charge in [0, 0.05) is 0 Å². The summed E-state index contributed by atoms with van der Waals surface area (Å²) in [5, 5.41) is 20.9. The van der Waals surface area contributed by atoms with Gasteiger partial charge in [-0.3, -0.25) is 40.9 Å². The van der Waals surface area contributed by atoms with Gasteiger partial charge in [0.1, 0.15) is 11.5 Å². The van der Waals surface area contributed by atoms with Gasteiger partial charge in [0.05, 0.1) is 23.0 Å². The number of carbonyl (C=O) groups excluding carboxylic acids is 4. The fourth-order valence-corrected chi connectivity index (χ4v) is 5.75. The summed E-state index contributed by atoms with van der Waals surface area (Å²) in [5.74, 6) is -4.23. The number of hydrogen-bond donors (Lipinski definition) is 6. The van der Waals surface area contributed by atoms with E-state index in [0.717, 1.165) is 51.4 Å². The zero-order valence-electron chi connectivity index (χ0n) is 28.0. The third kappa shape index (κ3) is 11.7. The van der Waals surface area contributed by atoms with Crippen molar-refractivity contribution in [2.45, 2.75) is 118 Å². The summed E-state index contributed by atoms with van der Waals surface area (Å²) >= 11 is 0. The number of phenols is 2. The van der Waals surface area contributed by atoms with E-state index in [9.17, 15) is 29.4 Å². The third-order valence-corrected chi connectivity index (χ3v) is 8.29. The van der Waals surface area contributed by atoms with Gasteiger partial charge in [-0.05, 0) is 61.8 Å². The van der Waals surface area contributed by atoms with Crippen LogP contribution in [-0.2, 0) is 22.4 Å². The lowest BCUT2D eigenvalue weighted by molar-refractivity contribution is -0.136. The molecule has 0 radical (unpaired) electrons. The van der Waals surface area contributed by atoms with Crippen LogP contribution in [0.5, 0.6) is 11.5 Å². The van der Waals surface area contributed by atoms with Crippen LogP contribution in [0.25, 0.3) is 0 Å². The molecule has 6 N–H and O–H groups in total. The molecule has 2 unspecified atom stereocenters. The van der Waals surface area contributed by atoms with E-state index in [4.69, 9.17) is 0 Å². The summed E-state index contributed by atoms with van der Waals surface area (Å²) in [5.41, 5.74) is 11.5. The van der Waals surface area contributed by atoms with E-state index in [0.29, 0.717) is 49.7 Å². The maximum Gasteiger partial charge on any atom is 0.273 e. The number of aromatic hydroxyl groups is 2. The van der Waals surface area contributed by atoms with E-state index in [2.05, 4.69) is 35.6 Å². The smallest absolute Gasteiger partial charge is 0.273 e. The van der Waals surface area contributed by atoms with Crippen LogP contribution in [0.3, 0.4) is 0 Å². The highest BCUT2D eigenvalue weighted by atomic mass is 16.3. The Kier molecular flexibility index (Phi) is 17.3. The minimum Gasteiger partial charge on any atom is -0.507 e. The van der Waals surface area contributed by atoms with Crippen molar-refractivity contribution in [1.29, 1.82) is 0 Å². The van der Waals surface area contributed by atoms with Gasteiger partial charge >= 0.3 is 0 Å². The molecule has 0 heterocycles.